The van der Waals surface area contributed by atoms with Crippen molar-refractivity contribution in [3.8, 4) is 0 Å². The minimum atomic E-state index is -1.11. The van der Waals surface area contributed by atoms with Gasteiger partial charge in [-0.25, -0.2) is 0 Å². The average molecular weight is 244 g/mol. The molecule has 0 aromatic heterocycles. The summed E-state index contributed by atoms with van der Waals surface area (Å²) in [4.78, 5) is 3.94. The van der Waals surface area contributed by atoms with Gasteiger partial charge in [0.15, 0.2) is 0 Å². The topological polar surface area (TPSA) is 12.0 Å². The number of hydrogen-bond donors (Lipinski definition) is 1. The highest BCUT2D eigenvalue weighted by Gasteiger charge is 2.29. The minimum Gasteiger partial charge on any atom is -0.337 e. The van der Waals surface area contributed by atoms with Crippen molar-refractivity contribution in [3.05, 3.63) is 0 Å². The Kier molecular flexibility index (Phi) is 10.5. The quantitative estimate of drug-likeness (QED) is 0.507. The van der Waals surface area contributed by atoms with Gasteiger partial charge in [0.1, 0.15) is 8.24 Å². The van der Waals surface area contributed by atoms with Crippen molar-refractivity contribution in [2.24, 2.45) is 0 Å². The molecular formula is C14H33NSi. The second-order valence-electron chi connectivity index (χ2n) is 5.12. The van der Waals surface area contributed by atoms with Gasteiger partial charge in [-0.2, -0.15) is 0 Å². The van der Waals surface area contributed by atoms with Crippen molar-refractivity contribution in [2.45, 2.75) is 84.4 Å². The van der Waals surface area contributed by atoms with Gasteiger partial charge in [0, 0.05) is 0 Å². The van der Waals surface area contributed by atoms with Gasteiger partial charge in [-0.05, 0) is 24.7 Å². The fourth-order valence-corrected chi connectivity index (χ4v) is 7.68. The average Bonchev–Trinajstić information content (AvgIpc) is 2.31. The molecule has 0 aromatic rings. The molecule has 0 aliphatic rings. The summed E-state index contributed by atoms with van der Waals surface area (Å²) in [5.41, 5.74) is 0. The SMILES string of the molecule is CCCC[Si](CCCC)(CCCC)NCC. The molecule has 0 radical (unpaired) electrons. The van der Waals surface area contributed by atoms with E-state index in [0.29, 0.717) is 0 Å². The molecule has 1 N–H and O–H groups in total. The first kappa shape index (κ1) is 16.2. The molecule has 98 valence electrons. The number of nitrogens with one attached hydrogen (secondary N) is 1. The van der Waals surface area contributed by atoms with Gasteiger partial charge in [-0.1, -0.05) is 66.2 Å². The lowest BCUT2D eigenvalue weighted by atomic mass is 10.4. The largest absolute Gasteiger partial charge is 0.337 e. The molecule has 0 aliphatic carbocycles. The van der Waals surface area contributed by atoms with Crippen LogP contribution in [0.3, 0.4) is 0 Å². The summed E-state index contributed by atoms with van der Waals surface area (Å²) in [6.07, 6.45) is 8.39. The molecule has 0 fully saturated rings. The lowest BCUT2D eigenvalue weighted by Gasteiger charge is -2.32. The van der Waals surface area contributed by atoms with E-state index in [9.17, 15) is 0 Å². The van der Waals surface area contributed by atoms with Crippen LogP contribution < -0.4 is 4.98 Å². The first-order valence-corrected chi connectivity index (χ1v) is 10.1. The van der Waals surface area contributed by atoms with Crippen LogP contribution in [0, 0.1) is 0 Å². The highest BCUT2D eigenvalue weighted by molar-refractivity contribution is 6.77. The molecule has 0 rings (SSSR count). The predicted molar refractivity (Wildman–Crippen MR) is 78.6 cm³/mol. The minimum absolute atomic E-state index is 1.11. The third-order valence-corrected chi connectivity index (χ3v) is 8.61. The van der Waals surface area contributed by atoms with Crippen LogP contribution in [0.1, 0.15) is 66.2 Å². The van der Waals surface area contributed by atoms with E-state index in [0.717, 1.165) is 0 Å². The molecule has 0 saturated heterocycles. The van der Waals surface area contributed by atoms with E-state index in [4.69, 9.17) is 0 Å². The molecule has 0 spiro atoms. The Morgan fingerprint density at radius 2 is 1.06 bits per heavy atom. The lowest BCUT2D eigenvalue weighted by molar-refractivity contribution is 0.754. The summed E-state index contributed by atoms with van der Waals surface area (Å²) in [7, 11) is -1.11. The standard InChI is InChI=1S/C14H33NSi/c1-5-9-12-16(15-8-4,13-10-6-2)14-11-7-3/h15H,5-14H2,1-4H3. The first-order chi connectivity index (χ1) is 7.74. The summed E-state index contributed by atoms with van der Waals surface area (Å²) < 4.78 is 0. The molecule has 2 heteroatoms. The summed E-state index contributed by atoms with van der Waals surface area (Å²) in [5, 5.41) is 0. The van der Waals surface area contributed by atoms with Gasteiger partial charge in [0.05, 0.1) is 0 Å². The molecule has 1 nitrogen and oxygen atoms in total. The molecule has 0 heterocycles. The number of hydrogen-bond acceptors (Lipinski definition) is 1. The zero-order chi connectivity index (χ0) is 12.3. The number of rotatable bonds is 11. The fraction of sp³-hybridized carbons (Fsp3) is 1.00. The Balaban J connectivity index is 4.32. The van der Waals surface area contributed by atoms with Gasteiger partial charge in [-0.3, -0.25) is 0 Å². The molecule has 0 atom stereocenters. The van der Waals surface area contributed by atoms with E-state index in [1.807, 2.05) is 0 Å². The maximum absolute atomic E-state index is 3.94. The predicted octanol–water partition coefficient (Wildman–Crippen LogP) is 4.94. The lowest BCUT2D eigenvalue weighted by Crippen LogP contribution is -2.50. The molecule has 0 amide bonds. The van der Waals surface area contributed by atoms with Crippen LogP contribution in [0.2, 0.25) is 18.1 Å². The van der Waals surface area contributed by atoms with E-state index in [-0.39, 0.29) is 0 Å². The molecule has 0 bridgehead atoms. The van der Waals surface area contributed by atoms with Gasteiger partial charge in [0.2, 0.25) is 0 Å². The molecule has 0 unspecified atom stereocenters. The monoisotopic (exact) mass is 243 g/mol. The third kappa shape index (κ3) is 6.69. The van der Waals surface area contributed by atoms with E-state index in [1.54, 1.807) is 0 Å². The first-order valence-electron chi connectivity index (χ1n) is 7.49. The Labute approximate surface area is 104 Å². The van der Waals surface area contributed by atoms with Crippen molar-refractivity contribution in [3.63, 3.8) is 0 Å². The van der Waals surface area contributed by atoms with Gasteiger partial charge in [-0.15, -0.1) is 0 Å². The second kappa shape index (κ2) is 10.3. The van der Waals surface area contributed by atoms with E-state index in [2.05, 4.69) is 32.7 Å². The Morgan fingerprint density at radius 3 is 1.31 bits per heavy atom. The van der Waals surface area contributed by atoms with Crippen LogP contribution in [0.5, 0.6) is 0 Å². The van der Waals surface area contributed by atoms with Crippen LogP contribution >= 0.6 is 0 Å². The van der Waals surface area contributed by atoms with E-state index >= 15 is 0 Å². The van der Waals surface area contributed by atoms with E-state index < -0.39 is 8.24 Å². The van der Waals surface area contributed by atoms with Crippen molar-refractivity contribution in [2.75, 3.05) is 6.54 Å². The summed E-state index contributed by atoms with van der Waals surface area (Å²) in [5.74, 6) is 0. The molecule has 0 aromatic carbocycles. The fourth-order valence-electron chi connectivity index (χ4n) is 2.56. The van der Waals surface area contributed by atoms with Crippen molar-refractivity contribution < 1.29 is 0 Å². The van der Waals surface area contributed by atoms with Crippen LogP contribution in [0.15, 0.2) is 0 Å². The van der Waals surface area contributed by atoms with Crippen LogP contribution in [0.4, 0.5) is 0 Å². The normalized spacial score (nSPS) is 12.0. The van der Waals surface area contributed by atoms with Crippen LogP contribution in [0.25, 0.3) is 0 Å². The van der Waals surface area contributed by atoms with Crippen LogP contribution in [-0.2, 0) is 0 Å². The molecule has 0 aliphatic heterocycles. The second-order valence-corrected chi connectivity index (χ2v) is 9.54. The van der Waals surface area contributed by atoms with Gasteiger partial charge < -0.3 is 4.98 Å². The van der Waals surface area contributed by atoms with Gasteiger partial charge >= 0.3 is 0 Å². The Bertz CT molecular complexity index is 126. The van der Waals surface area contributed by atoms with Gasteiger partial charge in [0.25, 0.3) is 0 Å². The zero-order valence-corrected chi connectivity index (χ0v) is 13.1. The smallest absolute Gasteiger partial charge is 0.125 e. The highest BCUT2D eigenvalue weighted by Crippen LogP contribution is 2.25. The molecule has 0 saturated carbocycles. The van der Waals surface area contributed by atoms with Crippen molar-refractivity contribution in [1.29, 1.82) is 0 Å². The molecule has 16 heavy (non-hydrogen) atoms. The maximum atomic E-state index is 3.94. The summed E-state index contributed by atoms with van der Waals surface area (Å²) >= 11 is 0. The summed E-state index contributed by atoms with van der Waals surface area (Å²) in [6.45, 7) is 10.4. The van der Waals surface area contributed by atoms with Crippen molar-refractivity contribution in [1.82, 2.24) is 4.98 Å². The Hall–Kier alpha value is 0.177. The summed E-state index contributed by atoms with van der Waals surface area (Å²) in [6, 6.07) is 4.53. The Morgan fingerprint density at radius 1 is 0.688 bits per heavy atom. The maximum Gasteiger partial charge on any atom is 0.125 e. The zero-order valence-electron chi connectivity index (χ0n) is 12.1. The van der Waals surface area contributed by atoms with Crippen LogP contribution in [-0.4, -0.2) is 14.8 Å². The third-order valence-electron chi connectivity index (χ3n) is 3.58. The number of unbranched alkanes of at least 4 members (excludes halogenated alkanes) is 3. The highest BCUT2D eigenvalue weighted by atomic mass is 28.3. The van der Waals surface area contributed by atoms with E-state index in [1.165, 1.54) is 63.2 Å². The van der Waals surface area contributed by atoms with Crippen molar-refractivity contribution >= 4 is 8.24 Å². The molecular weight excluding hydrogens is 210 g/mol.